The van der Waals surface area contributed by atoms with Gasteiger partial charge in [0.25, 0.3) is 0 Å². The van der Waals surface area contributed by atoms with Crippen molar-refractivity contribution >= 4 is 18.4 Å². The minimum absolute atomic E-state index is 0.338. The molecule has 0 N–H and O–H groups in total. The number of methoxy groups -OCH3 is 1. The van der Waals surface area contributed by atoms with E-state index in [0.717, 1.165) is 6.42 Å². The average molecular weight is 403 g/mol. The number of ether oxygens (including phenoxy) is 1. The third-order valence-corrected chi connectivity index (χ3v) is 20.5. The first-order valence-electron chi connectivity index (χ1n) is 9.23. The summed E-state index contributed by atoms with van der Waals surface area (Å²) in [6.07, 6.45) is 9.85. The Bertz CT molecular complexity index is 241. The van der Waals surface area contributed by atoms with Crippen molar-refractivity contribution in [2.45, 2.75) is 96.5 Å². The van der Waals surface area contributed by atoms with Gasteiger partial charge in [0.15, 0.2) is 0 Å². The molecule has 0 aromatic heterocycles. The van der Waals surface area contributed by atoms with Crippen molar-refractivity contribution in [1.82, 2.24) is 0 Å². The fourth-order valence-electron chi connectivity index (χ4n) is 3.39. The molecule has 0 rings (SSSR count). The molecule has 1 unspecified atom stereocenters. The quantitative estimate of drug-likeness (QED) is 0.229. The molecule has 1 nitrogen and oxygen atoms in total. The second-order valence-electron chi connectivity index (χ2n) is 6.99. The summed E-state index contributed by atoms with van der Waals surface area (Å²) in [6.45, 7) is 13.6. The van der Waals surface area contributed by atoms with Gasteiger partial charge in [-0.2, -0.15) is 0 Å². The van der Waals surface area contributed by atoms with Crippen LogP contribution < -0.4 is 0 Å². The van der Waals surface area contributed by atoms with E-state index in [1.165, 1.54) is 48.5 Å². The Morgan fingerprint density at radius 3 is 1.71 bits per heavy atom. The molecular weight excluding hydrogens is 363 g/mol. The first kappa shape index (κ1) is 21.5. The van der Waals surface area contributed by atoms with Gasteiger partial charge < -0.3 is 0 Å². The predicted octanol–water partition coefficient (Wildman–Crippen LogP) is 6.82. The van der Waals surface area contributed by atoms with Gasteiger partial charge in [-0.3, -0.25) is 0 Å². The molecule has 1 atom stereocenters. The summed E-state index contributed by atoms with van der Waals surface area (Å²) < 4.78 is 11.6. The fraction of sp³-hybridized carbons (Fsp3) is 0.895. The number of hydrogen-bond donors (Lipinski definition) is 0. The Kier molecular flexibility index (Phi) is 13.3. The minimum atomic E-state index is -2.01. The second-order valence-corrected chi connectivity index (χ2v) is 20.8. The third kappa shape index (κ3) is 9.99. The van der Waals surface area contributed by atoms with Crippen LogP contribution in [0, 0.1) is 0 Å². The van der Waals surface area contributed by atoms with Gasteiger partial charge in [0.1, 0.15) is 0 Å². The van der Waals surface area contributed by atoms with Crippen LogP contribution in [-0.4, -0.2) is 31.6 Å². The zero-order chi connectivity index (χ0) is 16.1. The van der Waals surface area contributed by atoms with E-state index in [1.807, 2.05) is 7.11 Å². The summed E-state index contributed by atoms with van der Waals surface area (Å²) in [4.78, 5) is 0. The number of hydrogen-bond acceptors (Lipinski definition) is 1. The molecule has 0 saturated carbocycles. The summed E-state index contributed by atoms with van der Waals surface area (Å²) in [5.41, 5.74) is 1.49. The summed E-state index contributed by atoms with van der Waals surface area (Å²) >= 11 is -2.01. The van der Waals surface area contributed by atoms with Crippen molar-refractivity contribution in [1.29, 1.82) is 0 Å². The molecule has 2 heteroatoms. The molecule has 0 aromatic rings. The molecule has 21 heavy (non-hydrogen) atoms. The molecule has 0 bridgehead atoms. The molecule has 0 spiro atoms. The first-order valence-corrected chi connectivity index (χ1v) is 17.3. The van der Waals surface area contributed by atoms with E-state index in [9.17, 15) is 0 Å². The predicted molar refractivity (Wildman–Crippen MR) is 99.9 cm³/mol. The van der Waals surface area contributed by atoms with Crippen LogP contribution in [0.3, 0.4) is 0 Å². The standard InChI is InChI=1S/C7H13O.3C4H9.Sn/c1-6(2)5-7(3)8-4;3*1-3-4-2;/h7H,1-2,5H2,3-4H3;3*1,3-4H2,2H3;. The van der Waals surface area contributed by atoms with E-state index < -0.39 is 18.4 Å². The number of unbranched alkanes of at least 4 members (excludes halogenated alkanes) is 3. The van der Waals surface area contributed by atoms with Crippen LogP contribution in [0.5, 0.6) is 0 Å². The van der Waals surface area contributed by atoms with Gasteiger partial charge in [-0.05, 0) is 0 Å². The van der Waals surface area contributed by atoms with Crippen molar-refractivity contribution in [2.24, 2.45) is 0 Å². The van der Waals surface area contributed by atoms with Crippen molar-refractivity contribution in [3.63, 3.8) is 0 Å². The van der Waals surface area contributed by atoms with Gasteiger partial charge in [-0.1, -0.05) is 0 Å². The van der Waals surface area contributed by atoms with E-state index >= 15 is 0 Å². The van der Waals surface area contributed by atoms with Gasteiger partial charge in [0.05, 0.1) is 0 Å². The van der Waals surface area contributed by atoms with Crippen molar-refractivity contribution in [2.75, 3.05) is 7.11 Å². The zero-order valence-corrected chi connectivity index (χ0v) is 18.3. The molecular formula is C19H40OSn. The van der Waals surface area contributed by atoms with Crippen LogP contribution in [0.25, 0.3) is 0 Å². The van der Waals surface area contributed by atoms with Gasteiger partial charge in [-0.25, -0.2) is 0 Å². The van der Waals surface area contributed by atoms with Gasteiger partial charge in [-0.15, -0.1) is 0 Å². The maximum absolute atomic E-state index is 5.44. The second kappa shape index (κ2) is 13.0. The van der Waals surface area contributed by atoms with Crippen LogP contribution in [0.15, 0.2) is 12.2 Å². The van der Waals surface area contributed by atoms with Gasteiger partial charge >= 0.3 is 139 Å². The molecule has 0 aromatic carbocycles. The van der Waals surface area contributed by atoms with E-state index in [4.69, 9.17) is 4.74 Å². The molecule has 0 saturated heterocycles. The Morgan fingerprint density at radius 1 is 0.952 bits per heavy atom. The molecule has 0 radical (unpaired) electrons. The Morgan fingerprint density at radius 2 is 1.38 bits per heavy atom. The van der Waals surface area contributed by atoms with Crippen LogP contribution in [0.1, 0.15) is 72.6 Å². The first-order chi connectivity index (χ1) is 10.0. The third-order valence-electron chi connectivity index (χ3n) is 4.79. The van der Waals surface area contributed by atoms with Crippen molar-refractivity contribution in [3.8, 4) is 0 Å². The van der Waals surface area contributed by atoms with E-state index in [0.29, 0.717) is 6.10 Å². The molecule has 0 fully saturated rings. The zero-order valence-electron chi connectivity index (χ0n) is 15.5. The summed E-state index contributed by atoms with van der Waals surface area (Å²) in [6, 6.07) is 0. The van der Waals surface area contributed by atoms with Crippen molar-refractivity contribution in [3.05, 3.63) is 12.2 Å². The Balaban J connectivity index is 4.80. The van der Waals surface area contributed by atoms with E-state index in [-0.39, 0.29) is 0 Å². The molecule has 0 aliphatic rings. The van der Waals surface area contributed by atoms with Gasteiger partial charge in [0, 0.05) is 0 Å². The topological polar surface area (TPSA) is 9.23 Å². The monoisotopic (exact) mass is 404 g/mol. The SMILES string of the molecule is C=C(CC(C)OC)[CH2][Sn]([CH2]CCC)([CH2]CCC)[CH2]CCC. The van der Waals surface area contributed by atoms with Crippen LogP contribution in [0.4, 0.5) is 0 Å². The molecule has 0 amide bonds. The summed E-state index contributed by atoms with van der Waals surface area (Å²) in [5, 5.41) is 0. The fourth-order valence-corrected chi connectivity index (χ4v) is 19.9. The average Bonchev–Trinajstić information content (AvgIpc) is 2.48. The van der Waals surface area contributed by atoms with Gasteiger partial charge in [0.2, 0.25) is 0 Å². The van der Waals surface area contributed by atoms with Crippen LogP contribution in [-0.2, 0) is 4.74 Å². The van der Waals surface area contributed by atoms with Crippen LogP contribution in [0.2, 0.25) is 17.7 Å². The molecule has 0 aliphatic heterocycles. The summed E-state index contributed by atoms with van der Waals surface area (Å²) in [5.74, 6) is 0. The van der Waals surface area contributed by atoms with Crippen molar-refractivity contribution < 1.29 is 4.74 Å². The molecule has 0 aliphatic carbocycles. The van der Waals surface area contributed by atoms with E-state index in [1.54, 1.807) is 13.3 Å². The Hall–Kier alpha value is 0.499. The van der Waals surface area contributed by atoms with E-state index in [2.05, 4.69) is 34.3 Å². The normalized spacial score (nSPS) is 13.4. The number of rotatable bonds is 14. The molecule has 126 valence electrons. The summed E-state index contributed by atoms with van der Waals surface area (Å²) in [7, 11) is 1.82. The maximum atomic E-state index is 5.44. The van der Waals surface area contributed by atoms with Crippen LogP contribution >= 0.6 is 0 Å². The Labute approximate surface area is 138 Å². The molecule has 0 heterocycles.